The van der Waals surface area contributed by atoms with Crippen LogP contribution < -0.4 is 5.32 Å². The van der Waals surface area contributed by atoms with Crippen molar-refractivity contribution < 1.29 is 9.90 Å². The first kappa shape index (κ1) is 15.6. The molecule has 0 aromatic heterocycles. The first-order valence-electron chi connectivity index (χ1n) is 8.42. The molecule has 1 heterocycles. The molecule has 1 aliphatic heterocycles. The SMILES string of the molecule is O=C1N[C@](O)([C@@H](Cc2ccccc2)c2ccccc2)c2ccccc21. The molecular weight excluding hydrogens is 310 g/mol. The van der Waals surface area contributed by atoms with E-state index in [0.717, 1.165) is 11.1 Å². The molecule has 3 heteroatoms. The van der Waals surface area contributed by atoms with Gasteiger partial charge in [0.25, 0.3) is 5.91 Å². The molecule has 2 N–H and O–H groups in total. The van der Waals surface area contributed by atoms with Gasteiger partial charge in [-0.3, -0.25) is 4.79 Å². The van der Waals surface area contributed by atoms with Gasteiger partial charge in [-0.1, -0.05) is 78.9 Å². The van der Waals surface area contributed by atoms with E-state index in [9.17, 15) is 9.90 Å². The first-order chi connectivity index (χ1) is 12.2. The Kier molecular flexibility index (Phi) is 3.86. The van der Waals surface area contributed by atoms with E-state index in [2.05, 4.69) is 5.32 Å². The first-order valence-corrected chi connectivity index (χ1v) is 8.42. The van der Waals surface area contributed by atoms with Gasteiger partial charge in [0, 0.05) is 17.0 Å². The van der Waals surface area contributed by atoms with Gasteiger partial charge in [0.2, 0.25) is 0 Å². The third-order valence-corrected chi connectivity index (χ3v) is 4.88. The van der Waals surface area contributed by atoms with Crippen molar-refractivity contribution in [2.45, 2.75) is 18.1 Å². The fraction of sp³-hybridized carbons (Fsp3) is 0.136. The summed E-state index contributed by atoms with van der Waals surface area (Å²) in [5.41, 5.74) is 1.86. The highest BCUT2D eigenvalue weighted by atomic mass is 16.3. The third kappa shape index (κ3) is 2.73. The summed E-state index contributed by atoms with van der Waals surface area (Å²) in [7, 11) is 0. The number of carbonyl (C=O) groups excluding carboxylic acids is 1. The van der Waals surface area contributed by atoms with Crippen LogP contribution in [0.5, 0.6) is 0 Å². The maximum absolute atomic E-state index is 12.4. The molecule has 0 aliphatic carbocycles. The zero-order valence-electron chi connectivity index (χ0n) is 13.7. The van der Waals surface area contributed by atoms with Crippen LogP contribution in [0.4, 0.5) is 0 Å². The number of amides is 1. The normalized spacial score (nSPS) is 20.0. The molecule has 0 bridgehead atoms. The predicted octanol–water partition coefficient (Wildman–Crippen LogP) is 3.60. The molecule has 3 aromatic rings. The minimum absolute atomic E-state index is 0.230. The molecule has 0 fully saturated rings. The van der Waals surface area contributed by atoms with Crippen LogP contribution in [0.2, 0.25) is 0 Å². The van der Waals surface area contributed by atoms with E-state index in [4.69, 9.17) is 0 Å². The van der Waals surface area contributed by atoms with Crippen molar-refractivity contribution in [2.75, 3.05) is 0 Å². The summed E-state index contributed by atoms with van der Waals surface area (Å²) < 4.78 is 0. The van der Waals surface area contributed by atoms with Gasteiger partial charge in [-0.25, -0.2) is 0 Å². The van der Waals surface area contributed by atoms with E-state index < -0.39 is 5.72 Å². The molecule has 0 unspecified atom stereocenters. The van der Waals surface area contributed by atoms with E-state index in [1.165, 1.54) is 0 Å². The van der Waals surface area contributed by atoms with E-state index in [1.807, 2.05) is 78.9 Å². The topological polar surface area (TPSA) is 49.3 Å². The third-order valence-electron chi connectivity index (χ3n) is 4.88. The van der Waals surface area contributed by atoms with Gasteiger partial charge in [-0.2, -0.15) is 0 Å². The lowest BCUT2D eigenvalue weighted by Gasteiger charge is -2.34. The second-order valence-electron chi connectivity index (χ2n) is 6.42. The molecule has 0 saturated heterocycles. The molecule has 4 rings (SSSR count). The largest absolute Gasteiger partial charge is 0.366 e. The van der Waals surface area contributed by atoms with Crippen LogP contribution in [0.3, 0.4) is 0 Å². The number of benzene rings is 3. The maximum Gasteiger partial charge on any atom is 0.254 e. The lowest BCUT2D eigenvalue weighted by atomic mass is 9.80. The zero-order chi connectivity index (χ0) is 17.3. The Morgan fingerprint density at radius 2 is 1.44 bits per heavy atom. The van der Waals surface area contributed by atoms with Crippen LogP contribution >= 0.6 is 0 Å². The van der Waals surface area contributed by atoms with Gasteiger partial charge >= 0.3 is 0 Å². The second-order valence-corrected chi connectivity index (χ2v) is 6.42. The summed E-state index contributed by atoms with van der Waals surface area (Å²) in [6, 6.07) is 27.2. The van der Waals surface area contributed by atoms with Crippen molar-refractivity contribution in [2.24, 2.45) is 0 Å². The molecule has 3 aromatic carbocycles. The smallest absolute Gasteiger partial charge is 0.254 e. The van der Waals surface area contributed by atoms with Crippen LogP contribution in [-0.2, 0) is 12.1 Å². The minimum atomic E-state index is -1.43. The van der Waals surface area contributed by atoms with E-state index >= 15 is 0 Å². The van der Waals surface area contributed by atoms with E-state index in [-0.39, 0.29) is 11.8 Å². The molecule has 25 heavy (non-hydrogen) atoms. The van der Waals surface area contributed by atoms with Crippen LogP contribution in [0.1, 0.15) is 33.0 Å². The molecule has 2 atom stereocenters. The molecule has 0 spiro atoms. The van der Waals surface area contributed by atoms with Crippen molar-refractivity contribution in [3.05, 3.63) is 107 Å². The average Bonchev–Trinajstić information content (AvgIpc) is 2.93. The van der Waals surface area contributed by atoms with Crippen molar-refractivity contribution in [1.82, 2.24) is 5.32 Å². The van der Waals surface area contributed by atoms with E-state index in [0.29, 0.717) is 17.5 Å². The van der Waals surface area contributed by atoms with Gasteiger partial charge in [-0.15, -0.1) is 0 Å². The van der Waals surface area contributed by atoms with Crippen LogP contribution in [0.15, 0.2) is 84.9 Å². The Morgan fingerprint density at radius 1 is 0.840 bits per heavy atom. The van der Waals surface area contributed by atoms with Crippen molar-refractivity contribution >= 4 is 5.91 Å². The predicted molar refractivity (Wildman–Crippen MR) is 97.1 cm³/mol. The molecule has 0 saturated carbocycles. The molecule has 3 nitrogen and oxygen atoms in total. The molecule has 1 amide bonds. The van der Waals surface area contributed by atoms with Gasteiger partial charge in [0.15, 0.2) is 5.72 Å². The molecule has 124 valence electrons. The highest BCUT2D eigenvalue weighted by Gasteiger charge is 2.47. The number of rotatable bonds is 4. The van der Waals surface area contributed by atoms with Crippen LogP contribution in [0, 0.1) is 0 Å². The number of fused-ring (bicyclic) bond motifs is 1. The Balaban J connectivity index is 1.83. The lowest BCUT2D eigenvalue weighted by molar-refractivity contribution is -0.0129. The van der Waals surface area contributed by atoms with Gasteiger partial charge in [-0.05, 0) is 23.6 Å². The molecule has 0 radical (unpaired) electrons. The Bertz CT molecular complexity index is 892. The fourth-order valence-corrected chi connectivity index (χ4v) is 3.64. The number of hydrogen-bond donors (Lipinski definition) is 2. The summed E-state index contributed by atoms with van der Waals surface area (Å²) in [4.78, 5) is 12.4. The zero-order valence-corrected chi connectivity index (χ0v) is 13.7. The minimum Gasteiger partial charge on any atom is -0.366 e. The van der Waals surface area contributed by atoms with E-state index in [1.54, 1.807) is 6.07 Å². The maximum atomic E-state index is 12.4. The van der Waals surface area contributed by atoms with Crippen molar-refractivity contribution in [3.8, 4) is 0 Å². The monoisotopic (exact) mass is 329 g/mol. The highest BCUT2D eigenvalue weighted by molar-refractivity contribution is 5.99. The van der Waals surface area contributed by atoms with Crippen LogP contribution in [0.25, 0.3) is 0 Å². The fourth-order valence-electron chi connectivity index (χ4n) is 3.64. The Labute approximate surface area is 147 Å². The van der Waals surface area contributed by atoms with Gasteiger partial charge < -0.3 is 10.4 Å². The number of hydrogen-bond acceptors (Lipinski definition) is 2. The summed E-state index contributed by atoms with van der Waals surface area (Å²) in [6.45, 7) is 0. The highest BCUT2D eigenvalue weighted by Crippen LogP contribution is 2.42. The lowest BCUT2D eigenvalue weighted by Crippen LogP contribution is -2.45. The standard InChI is InChI=1S/C22H19NO2/c24-21-18-13-7-8-14-19(18)22(25,23-21)20(17-11-5-2-6-12-17)15-16-9-3-1-4-10-16/h1-14,20,25H,15H2,(H,23,24)/t20-,22+/m0/s1. The van der Waals surface area contributed by atoms with Crippen LogP contribution in [-0.4, -0.2) is 11.0 Å². The second kappa shape index (κ2) is 6.19. The summed E-state index contributed by atoms with van der Waals surface area (Å²) in [5.74, 6) is -0.518. The quantitative estimate of drug-likeness (QED) is 0.768. The van der Waals surface area contributed by atoms with Crippen molar-refractivity contribution in [1.29, 1.82) is 0 Å². The van der Waals surface area contributed by atoms with Crippen molar-refractivity contribution in [3.63, 3.8) is 0 Å². The summed E-state index contributed by atoms with van der Waals surface area (Å²) >= 11 is 0. The number of nitrogens with one attached hydrogen (secondary N) is 1. The molecule has 1 aliphatic rings. The Hall–Kier alpha value is -2.91. The summed E-state index contributed by atoms with van der Waals surface area (Å²) in [6.07, 6.45) is 0.621. The van der Waals surface area contributed by atoms with Gasteiger partial charge in [0.05, 0.1) is 0 Å². The number of carbonyl (C=O) groups is 1. The Morgan fingerprint density at radius 3 is 2.16 bits per heavy atom. The molecular formula is C22H19NO2. The average molecular weight is 329 g/mol. The number of aliphatic hydroxyl groups is 1. The summed E-state index contributed by atoms with van der Waals surface area (Å²) in [5, 5.41) is 14.4. The van der Waals surface area contributed by atoms with Gasteiger partial charge in [0.1, 0.15) is 0 Å².